The van der Waals surface area contributed by atoms with E-state index in [-0.39, 0.29) is 11.1 Å². The number of nitrogens with one attached hydrogen (secondary N) is 1. The maximum Gasteiger partial charge on any atom is 0.290 e. The summed E-state index contributed by atoms with van der Waals surface area (Å²) in [6.07, 6.45) is 0. The van der Waals surface area contributed by atoms with E-state index in [1.807, 2.05) is 31.2 Å². The number of nitrogens with zero attached hydrogens (tertiary/aromatic N) is 1. The molecule has 4 nitrogen and oxygen atoms in total. The summed E-state index contributed by atoms with van der Waals surface area (Å²) in [6.45, 7) is 2.40. The summed E-state index contributed by atoms with van der Waals surface area (Å²) >= 11 is 4.26. The molecule has 6 heteroatoms. The van der Waals surface area contributed by atoms with Crippen molar-refractivity contribution in [3.63, 3.8) is 0 Å². The standard InChI is InChI=1S/C12H13BrN2O2S/c1-8-3-2-4-9(7-8)14-10-11(16)15(6-5-13)12(17)18-10/h2-4,7,10,14H,5-6H2,1H3/t10-/m0/s1. The molecule has 1 fully saturated rings. The fourth-order valence-electron chi connectivity index (χ4n) is 1.71. The van der Waals surface area contributed by atoms with Crippen LogP contribution in [0.3, 0.4) is 0 Å². The molecule has 0 spiro atoms. The molecule has 1 heterocycles. The summed E-state index contributed by atoms with van der Waals surface area (Å²) < 4.78 is 0. The maximum atomic E-state index is 12.0. The predicted molar refractivity (Wildman–Crippen MR) is 77.1 cm³/mol. The molecule has 18 heavy (non-hydrogen) atoms. The molecule has 0 radical (unpaired) electrons. The molecule has 0 saturated carbocycles. The number of imide groups is 1. The number of carbonyl (C=O) groups excluding carboxylic acids is 2. The molecule has 1 aromatic carbocycles. The molecular weight excluding hydrogens is 316 g/mol. The Labute approximate surface area is 118 Å². The third-order valence-corrected chi connectivity index (χ3v) is 3.89. The summed E-state index contributed by atoms with van der Waals surface area (Å²) in [6, 6.07) is 7.74. The fraction of sp³-hybridized carbons (Fsp3) is 0.333. The van der Waals surface area contributed by atoms with E-state index in [4.69, 9.17) is 0 Å². The van der Waals surface area contributed by atoms with Gasteiger partial charge in [0.15, 0.2) is 5.37 Å². The van der Waals surface area contributed by atoms with Crippen molar-refractivity contribution in [1.29, 1.82) is 0 Å². The van der Waals surface area contributed by atoms with Crippen LogP contribution in [-0.4, -0.2) is 33.3 Å². The second-order valence-corrected chi connectivity index (χ2v) is 5.81. The summed E-state index contributed by atoms with van der Waals surface area (Å²) in [5.41, 5.74) is 1.97. The van der Waals surface area contributed by atoms with Crippen LogP contribution in [0.5, 0.6) is 0 Å². The monoisotopic (exact) mass is 328 g/mol. The minimum absolute atomic E-state index is 0.175. The molecule has 1 saturated heterocycles. The van der Waals surface area contributed by atoms with Crippen LogP contribution in [0.25, 0.3) is 0 Å². The van der Waals surface area contributed by atoms with Gasteiger partial charge >= 0.3 is 0 Å². The number of hydrogen-bond donors (Lipinski definition) is 1. The Morgan fingerprint density at radius 2 is 2.22 bits per heavy atom. The number of amides is 2. The van der Waals surface area contributed by atoms with Gasteiger partial charge in [-0.3, -0.25) is 14.5 Å². The molecule has 1 atom stereocenters. The van der Waals surface area contributed by atoms with Crippen LogP contribution >= 0.6 is 27.7 Å². The number of benzene rings is 1. The van der Waals surface area contributed by atoms with Gasteiger partial charge in [-0.05, 0) is 36.4 Å². The number of rotatable bonds is 4. The lowest BCUT2D eigenvalue weighted by molar-refractivity contribution is -0.125. The molecule has 2 amide bonds. The van der Waals surface area contributed by atoms with Crippen LogP contribution in [0.15, 0.2) is 24.3 Å². The van der Waals surface area contributed by atoms with Gasteiger partial charge in [-0.2, -0.15) is 0 Å². The molecule has 0 aliphatic carbocycles. The lowest BCUT2D eigenvalue weighted by Crippen LogP contribution is -2.35. The van der Waals surface area contributed by atoms with Crippen molar-refractivity contribution in [2.45, 2.75) is 12.3 Å². The number of carbonyl (C=O) groups is 2. The quantitative estimate of drug-likeness (QED) is 0.863. The van der Waals surface area contributed by atoms with E-state index in [9.17, 15) is 9.59 Å². The van der Waals surface area contributed by atoms with Crippen LogP contribution in [0.4, 0.5) is 10.5 Å². The van der Waals surface area contributed by atoms with Crippen LogP contribution in [-0.2, 0) is 4.79 Å². The van der Waals surface area contributed by atoms with Crippen molar-refractivity contribution in [2.24, 2.45) is 0 Å². The van der Waals surface area contributed by atoms with E-state index >= 15 is 0 Å². The minimum atomic E-state index is -0.515. The Kier molecular flexibility index (Phi) is 4.29. The lowest BCUT2D eigenvalue weighted by Gasteiger charge is -2.13. The van der Waals surface area contributed by atoms with Gasteiger partial charge in [-0.25, -0.2) is 0 Å². The van der Waals surface area contributed by atoms with E-state index in [1.54, 1.807) is 0 Å². The number of anilines is 1. The van der Waals surface area contributed by atoms with Crippen molar-refractivity contribution in [2.75, 3.05) is 17.2 Å². The Morgan fingerprint density at radius 3 is 2.89 bits per heavy atom. The molecule has 0 unspecified atom stereocenters. The largest absolute Gasteiger partial charge is 0.365 e. The molecule has 1 aliphatic rings. The molecule has 0 bridgehead atoms. The van der Waals surface area contributed by atoms with Crippen molar-refractivity contribution in [3.05, 3.63) is 29.8 Å². The molecule has 2 rings (SSSR count). The average Bonchev–Trinajstić information content (AvgIpc) is 2.57. The zero-order chi connectivity index (χ0) is 13.1. The predicted octanol–water partition coefficient (Wildman–Crippen LogP) is 2.82. The van der Waals surface area contributed by atoms with E-state index in [1.165, 1.54) is 4.90 Å². The molecule has 1 aliphatic heterocycles. The molecule has 1 N–H and O–H groups in total. The molecule has 96 valence electrons. The lowest BCUT2D eigenvalue weighted by atomic mass is 10.2. The molecular formula is C12H13BrN2O2S. The maximum absolute atomic E-state index is 12.0. The normalized spacial score (nSPS) is 19.4. The fourth-order valence-corrected chi connectivity index (χ4v) is 3.00. The Balaban J connectivity index is 2.07. The first kappa shape index (κ1) is 13.4. The molecule has 1 aromatic rings. The average molecular weight is 329 g/mol. The third-order valence-electron chi connectivity index (χ3n) is 2.55. The SMILES string of the molecule is Cc1cccc(N[C@H]2SC(=O)N(CCBr)C2=O)c1. The van der Waals surface area contributed by atoms with Crippen molar-refractivity contribution >= 4 is 44.5 Å². The summed E-state index contributed by atoms with van der Waals surface area (Å²) in [5, 5.41) is 2.98. The van der Waals surface area contributed by atoms with Crippen molar-refractivity contribution in [1.82, 2.24) is 4.90 Å². The number of thioether (sulfide) groups is 1. The summed E-state index contributed by atoms with van der Waals surface area (Å²) in [7, 11) is 0. The highest BCUT2D eigenvalue weighted by Crippen LogP contribution is 2.28. The van der Waals surface area contributed by atoms with Crippen LogP contribution in [0.2, 0.25) is 0 Å². The van der Waals surface area contributed by atoms with Crippen LogP contribution in [0.1, 0.15) is 5.56 Å². The van der Waals surface area contributed by atoms with E-state index in [2.05, 4.69) is 21.2 Å². The van der Waals surface area contributed by atoms with Crippen molar-refractivity contribution < 1.29 is 9.59 Å². The molecule has 0 aromatic heterocycles. The third kappa shape index (κ3) is 2.87. The first-order chi connectivity index (χ1) is 8.61. The van der Waals surface area contributed by atoms with Gasteiger partial charge in [0.2, 0.25) is 0 Å². The smallest absolute Gasteiger partial charge is 0.290 e. The highest BCUT2D eigenvalue weighted by molar-refractivity contribution is 9.09. The Hall–Kier alpha value is -1.01. The van der Waals surface area contributed by atoms with E-state index in [0.717, 1.165) is 23.0 Å². The summed E-state index contributed by atoms with van der Waals surface area (Å²) in [4.78, 5) is 24.9. The first-order valence-electron chi connectivity index (χ1n) is 5.53. The Bertz CT molecular complexity index is 481. The van der Waals surface area contributed by atoms with Gasteiger partial charge in [0.05, 0.1) is 0 Å². The van der Waals surface area contributed by atoms with Crippen LogP contribution < -0.4 is 5.32 Å². The van der Waals surface area contributed by atoms with Gasteiger partial charge < -0.3 is 5.32 Å². The second kappa shape index (κ2) is 5.75. The van der Waals surface area contributed by atoms with Crippen molar-refractivity contribution in [3.8, 4) is 0 Å². The highest BCUT2D eigenvalue weighted by Gasteiger charge is 2.39. The van der Waals surface area contributed by atoms with E-state index < -0.39 is 5.37 Å². The van der Waals surface area contributed by atoms with E-state index in [0.29, 0.717) is 11.9 Å². The zero-order valence-corrected chi connectivity index (χ0v) is 12.3. The van der Waals surface area contributed by atoms with Gasteiger partial charge in [0, 0.05) is 17.6 Å². The second-order valence-electron chi connectivity index (χ2n) is 3.96. The number of aryl methyl sites for hydroxylation is 1. The van der Waals surface area contributed by atoms with Gasteiger partial charge in [0.25, 0.3) is 11.1 Å². The highest BCUT2D eigenvalue weighted by atomic mass is 79.9. The Morgan fingerprint density at radius 1 is 1.44 bits per heavy atom. The first-order valence-corrected chi connectivity index (χ1v) is 7.53. The number of hydrogen-bond acceptors (Lipinski definition) is 4. The number of halogens is 1. The van der Waals surface area contributed by atoms with Gasteiger partial charge in [0.1, 0.15) is 0 Å². The topological polar surface area (TPSA) is 49.4 Å². The summed E-state index contributed by atoms with van der Waals surface area (Å²) in [5.74, 6) is -0.175. The minimum Gasteiger partial charge on any atom is -0.365 e. The number of alkyl halides is 1. The van der Waals surface area contributed by atoms with Gasteiger partial charge in [-0.1, -0.05) is 28.1 Å². The van der Waals surface area contributed by atoms with Gasteiger partial charge in [-0.15, -0.1) is 0 Å². The zero-order valence-electron chi connectivity index (χ0n) is 9.85. The van der Waals surface area contributed by atoms with Crippen LogP contribution in [0, 0.1) is 6.92 Å².